The Bertz CT molecular complexity index is 658. The molecule has 104 valence electrons. The first-order valence-corrected chi connectivity index (χ1v) is 7.20. The van der Waals surface area contributed by atoms with E-state index in [1.165, 1.54) is 6.07 Å². The molecule has 20 heavy (non-hydrogen) atoms. The average Bonchev–Trinajstić information content (AvgIpc) is 2.39. The third-order valence-corrected chi connectivity index (χ3v) is 3.90. The predicted octanol–water partition coefficient (Wildman–Crippen LogP) is 5.08. The molecule has 0 saturated carbocycles. The molecule has 0 atom stereocenters. The van der Waals surface area contributed by atoms with Crippen LogP contribution >= 0.6 is 39.1 Å². The van der Waals surface area contributed by atoms with Crippen molar-refractivity contribution < 1.29 is 9.18 Å². The first kappa shape index (κ1) is 15.3. The average molecular weight is 377 g/mol. The smallest absolute Gasteiger partial charge is 0.228 e. The van der Waals surface area contributed by atoms with E-state index in [0.29, 0.717) is 20.7 Å². The number of nitrogens with one attached hydrogen (secondary N) is 1. The number of amides is 1. The second-order valence-electron chi connectivity index (χ2n) is 4.06. The largest absolute Gasteiger partial charge is 0.324 e. The van der Waals surface area contributed by atoms with Gasteiger partial charge in [-0.15, -0.1) is 0 Å². The molecule has 1 N–H and O–H groups in total. The maximum atomic E-state index is 13.6. The SMILES string of the molecule is O=C(Cc1cc(Br)ccc1F)Nc1cccc(Cl)c1Cl. The Morgan fingerprint density at radius 2 is 2.00 bits per heavy atom. The molecule has 2 rings (SSSR count). The molecule has 2 aromatic rings. The maximum absolute atomic E-state index is 13.6. The van der Waals surface area contributed by atoms with Crippen molar-refractivity contribution in [2.24, 2.45) is 0 Å². The summed E-state index contributed by atoms with van der Waals surface area (Å²) in [5, 5.41) is 3.22. The van der Waals surface area contributed by atoms with Gasteiger partial charge in [0.25, 0.3) is 0 Å². The molecule has 0 aliphatic carbocycles. The lowest BCUT2D eigenvalue weighted by Gasteiger charge is -2.09. The Kier molecular flexibility index (Phi) is 5.02. The first-order chi connectivity index (χ1) is 9.47. The van der Waals surface area contributed by atoms with E-state index in [4.69, 9.17) is 23.2 Å². The van der Waals surface area contributed by atoms with Crippen LogP contribution in [-0.4, -0.2) is 5.91 Å². The molecule has 0 spiro atoms. The van der Waals surface area contributed by atoms with E-state index in [0.717, 1.165) is 0 Å². The zero-order valence-corrected chi connectivity index (χ0v) is 13.2. The fourth-order valence-corrected chi connectivity index (χ4v) is 2.40. The van der Waals surface area contributed by atoms with Crippen LogP contribution < -0.4 is 5.32 Å². The third-order valence-electron chi connectivity index (χ3n) is 2.58. The molecule has 0 fully saturated rings. The minimum absolute atomic E-state index is 0.0892. The van der Waals surface area contributed by atoms with E-state index in [1.807, 2.05) is 0 Å². The van der Waals surface area contributed by atoms with Crippen molar-refractivity contribution in [3.8, 4) is 0 Å². The molecule has 2 aromatic carbocycles. The molecule has 1 amide bonds. The quantitative estimate of drug-likeness (QED) is 0.795. The zero-order valence-electron chi connectivity index (χ0n) is 10.1. The Hall–Kier alpha value is -1.10. The van der Waals surface area contributed by atoms with Gasteiger partial charge in [-0.2, -0.15) is 0 Å². The van der Waals surface area contributed by atoms with Crippen molar-refractivity contribution >= 4 is 50.7 Å². The van der Waals surface area contributed by atoms with Gasteiger partial charge in [-0.1, -0.05) is 45.2 Å². The normalized spacial score (nSPS) is 10.4. The molecule has 0 heterocycles. The monoisotopic (exact) mass is 375 g/mol. The van der Waals surface area contributed by atoms with E-state index in [1.54, 1.807) is 30.3 Å². The summed E-state index contributed by atoms with van der Waals surface area (Å²) in [7, 11) is 0. The van der Waals surface area contributed by atoms with Crippen LogP contribution in [0.1, 0.15) is 5.56 Å². The van der Waals surface area contributed by atoms with Crippen LogP contribution in [0.3, 0.4) is 0 Å². The first-order valence-electron chi connectivity index (χ1n) is 5.65. The number of benzene rings is 2. The fourth-order valence-electron chi connectivity index (χ4n) is 1.65. The van der Waals surface area contributed by atoms with Crippen LogP contribution in [0.4, 0.5) is 10.1 Å². The summed E-state index contributed by atoms with van der Waals surface area (Å²) in [6.07, 6.45) is -0.0892. The van der Waals surface area contributed by atoms with Gasteiger partial charge >= 0.3 is 0 Å². The summed E-state index contributed by atoms with van der Waals surface area (Å²) in [6.45, 7) is 0. The highest BCUT2D eigenvalue weighted by atomic mass is 79.9. The Morgan fingerprint density at radius 3 is 2.75 bits per heavy atom. The second kappa shape index (κ2) is 6.57. The van der Waals surface area contributed by atoms with Crippen molar-refractivity contribution in [2.75, 3.05) is 5.32 Å². The van der Waals surface area contributed by atoms with Crippen LogP contribution in [0.2, 0.25) is 10.0 Å². The van der Waals surface area contributed by atoms with Gasteiger partial charge in [0.15, 0.2) is 0 Å². The fraction of sp³-hybridized carbons (Fsp3) is 0.0714. The van der Waals surface area contributed by atoms with Gasteiger partial charge < -0.3 is 5.32 Å². The van der Waals surface area contributed by atoms with E-state index in [-0.39, 0.29) is 17.4 Å². The maximum Gasteiger partial charge on any atom is 0.228 e. The summed E-state index contributed by atoms with van der Waals surface area (Å²) in [4.78, 5) is 11.9. The molecule has 0 aliphatic heterocycles. The van der Waals surface area contributed by atoms with E-state index < -0.39 is 5.82 Å². The van der Waals surface area contributed by atoms with Crippen LogP contribution in [0, 0.1) is 5.82 Å². The summed E-state index contributed by atoms with van der Waals surface area (Å²) >= 11 is 15.1. The standard InChI is InChI=1S/C14H9BrCl2FNO/c15-9-4-5-11(18)8(6-9)7-13(20)19-12-3-1-2-10(16)14(12)17/h1-6H,7H2,(H,19,20). The van der Waals surface area contributed by atoms with Gasteiger partial charge in [0.1, 0.15) is 5.82 Å². The van der Waals surface area contributed by atoms with E-state index >= 15 is 0 Å². The number of halogens is 4. The lowest BCUT2D eigenvalue weighted by atomic mass is 10.1. The van der Waals surface area contributed by atoms with E-state index in [9.17, 15) is 9.18 Å². The predicted molar refractivity (Wildman–Crippen MR) is 82.9 cm³/mol. The molecular formula is C14H9BrCl2FNO. The zero-order chi connectivity index (χ0) is 14.7. The summed E-state index contributed by atoms with van der Waals surface area (Å²) in [5.74, 6) is -0.799. The van der Waals surface area contributed by atoms with Crippen molar-refractivity contribution in [1.29, 1.82) is 0 Å². The number of rotatable bonds is 3. The summed E-state index contributed by atoms with van der Waals surface area (Å²) in [5.41, 5.74) is 0.703. The molecule has 0 radical (unpaired) electrons. The third kappa shape index (κ3) is 3.72. The summed E-state index contributed by atoms with van der Waals surface area (Å²) in [6, 6.07) is 9.36. The van der Waals surface area contributed by atoms with Crippen LogP contribution in [0.5, 0.6) is 0 Å². The Balaban J connectivity index is 2.13. The summed E-state index contributed by atoms with van der Waals surface area (Å²) < 4.78 is 14.3. The lowest BCUT2D eigenvalue weighted by molar-refractivity contribution is -0.115. The van der Waals surface area contributed by atoms with Gasteiger partial charge in [-0.3, -0.25) is 4.79 Å². The van der Waals surface area contributed by atoms with Gasteiger partial charge in [0, 0.05) is 4.47 Å². The highest BCUT2D eigenvalue weighted by molar-refractivity contribution is 9.10. The minimum atomic E-state index is -0.430. The Morgan fingerprint density at radius 1 is 1.25 bits per heavy atom. The highest BCUT2D eigenvalue weighted by Gasteiger charge is 2.11. The Labute approximate surface area is 134 Å². The van der Waals surface area contributed by atoms with Crippen molar-refractivity contribution in [2.45, 2.75) is 6.42 Å². The molecule has 0 aromatic heterocycles. The van der Waals surface area contributed by atoms with Crippen molar-refractivity contribution in [1.82, 2.24) is 0 Å². The molecule has 0 aliphatic rings. The molecule has 2 nitrogen and oxygen atoms in total. The number of hydrogen-bond acceptors (Lipinski definition) is 1. The number of carbonyl (C=O) groups excluding carboxylic acids is 1. The minimum Gasteiger partial charge on any atom is -0.324 e. The number of anilines is 1. The van der Waals surface area contributed by atoms with Gasteiger partial charge in [-0.25, -0.2) is 4.39 Å². The van der Waals surface area contributed by atoms with Crippen molar-refractivity contribution in [3.05, 3.63) is 62.3 Å². The molecule has 0 unspecified atom stereocenters. The van der Waals surface area contributed by atoms with Crippen molar-refractivity contribution in [3.63, 3.8) is 0 Å². The number of hydrogen-bond donors (Lipinski definition) is 1. The van der Waals surface area contributed by atoms with Crippen LogP contribution in [0.15, 0.2) is 40.9 Å². The molecule has 0 saturated heterocycles. The second-order valence-corrected chi connectivity index (χ2v) is 5.76. The molecule has 6 heteroatoms. The molecule has 0 bridgehead atoms. The number of carbonyl (C=O) groups is 1. The molecular weight excluding hydrogens is 368 g/mol. The lowest BCUT2D eigenvalue weighted by Crippen LogP contribution is -2.15. The topological polar surface area (TPSA) is 29.1 Å². The van der Waals surface area contributed by atoms with Gasteiger partial charge in [-0.05, 0) is 35.9 Å². The highest BCUT2D eigenvalue weighted by Crippen LogP contribution is 2.29. The van der Waals surface area contributed by atoms with E-state index in [2.05, 4.69) is 21.2 Å². The van der Waals surface area contributed by atoms with Gasteiger partial charge in [0.05, 0.1) is 22.2 Å². The van der Waals surface area contributed by atoms with Gasteiger partial charge in [0.2, 0.25) is 5.91 Å². The van der Waals surface area contributed by atoms with Crippen LogP contribution in [-0.2, 0) is 11.2 Å². The van der Waals surface area contributed by atoms with Crippen LogP contribution in [0.25, 0.3) is 0 Å².